The molecule has 2 aromatic rings. The van der Waals surface area contributed by atoms with Crippen LogP contribution >= 0.6 is 11.6 Å². The number of hydrogen-bond donors (Lipinski definition) is 2. The van der Waals surface area contributed by atoms with Gasteiger partial charge in [-0.2, -0.15) is 0 Å². The van der Waals surface area contributed by atoms with Gasteiger partial charge >= 0.3 is 0 Å². The van der Waals surface area contributed by atoms with Gasteiger partial charge in [-0.1, -0.05) is 29.8 Å². The van der Waals surface area contributed by atoms with E-state index in [4.69, 9.17) is 16.3 Å². The van der Waals surface area contributed by atoms with Crippen LogP contribution in [0.4, 0.5) is 0 Å². The van der Waals surface area contributed by atoms with Crippen LogP contribution < -0.4 is 15.2 Å². The Balaban J connectivity index is 1.85. The van der Waals surface area contributed by atoms with Crippen molar-refractivity contribution in [2.45, 2.75) is 6.10 Å². The van der Waals surface area contributed by atoms with Crippen molar-refractivity contribution in [1.29, 1.82) is 0 Å². The molecule has 0 saturated carbocycles. The molecule has 0 aliphatic heterocycles. The third-order valence-corrected chi connectivity index (χ3v) is 3.40. The molecule has 0 aliphatic rings. The number of halogens is 1. The zero-order valence-corrected chi connectivity index (χ0v) is 13.3. The van der Waals surface area contributed by atoms with Gasteiger partial charge in [0, 0.05) is 22.7 Å². The van der Waals surface area contributed by atoms with Crippen molar-refractivity contribution < 1.29 is 24.5 Å². The normalized spacial score (nSPS) is 11.6. The molecule has 0 unspecified atom stereocenters. The molecular weight excluding hydrogens is 334 g/mol. The lowest BCUT2D eigenvalue weighted by Crippen LogP contribution is -2.36. The van der Waals surface area contributed by atoms with Crippen molar-refractivity contribution in [3.8, 4) is 5.75 Å². The minimum atomic E-state index is -1.44. The average Bonchev–Trinajstić information content (AvgIpc) is 2.59. The van der Waals surface area contributed by atoms with E-state index >= 15 is 0 Å². The number of aliphatic hydroxyl groups excluding tert-OH is 1. The minimum Gasteiger partial charge on any atom is -0.545 e. The number of rotatable bonds is 7. The molecule has 2 aromatic carbocycles. The van der Waals surface area contributed by atoms with Crippen molar-refractivity contribution in [2.24, 2.45) is 0 Å². The standard InChI is InChI=1S/C17H16ClNO5/c18-11-5-7-13(8-6-11)24-10-12(20)9-19-16(21)14-3-1-2-4-15(14)17(22)23/h1-8,12,20H,9-10H2,(H,19,21)(H,22,23)/p-1/t12-/m0/s1. The SMILES string of the molecule is O=C([O-])c1ccccc1C(=O)NC[C@H](O)COc1ccc(Cl)cc1. The van der Waals surface area contributed by atoms with Crippen LogP contribution in [0.2, 0.25) is 5.02 Å². The topological polar surface area (TPSA) is 98.7 Å². The Kier molecular flexibility index (Phi) is 6.17. The zero-order chi connectivity index (χ0) is 17.5. The fourth-order valence-electron chi connectivity index (χ4n) is 1.95. The van der Waals surface area contributed by atoms with Gasteiger partial charge in [-0.05, 0) is 30.3 Å². The predicted molar refractivity (Wildman–Crippen MR) is 86.1 cm³/mol. The number of aromatic carboxylic acids is 1. The molecule has 2 N–H and O–H groups in total. The molecule has 0 fully saturated rings. The highest BCUT2D eigenvalue weighted by molar-refractivity contribution is 6.30. The Morgan fingerprint density at radius 3 is 2.38 bits per heavy atom. The van der Waals surface area contributed by atoms with Gasteiger partial charge in [-0.15, -0.1) is 0 Å². The number of amides is 1. The molecule has 2 rings (SSSR count). The smallest absolute Gasteiger partial charge is 0.252 e. The molecule has 0 saturated heterocycles. The molecular formula is C17H15ClNO5-. The first-order valence-electron chi connectivity index (χ1n) is 7.12. The van der Waals surface area contributed by atoms with E-state index in [0.717, 1.165) is 0 Å². The van der Waals surface area contributed by atoms with E-state index in [1.54, 1.807) is 30.3 Å². The van der Waals surface area contributed by atoms with Crippen LogP contribution in [0.15, 0.2) is 48.5 Å². The molecule has 1 amide bonds. The van der Waals surface area contributed by atoms with E-state index in [1.807, 2.05) is 0 Å². The van der Waals surface area contributed by atoms with Gasteiger partial charge in [-0.25, -0.2) is 0 Å². The number of carboxylic acid groups (broad SMARTS) is 1. The summed E-state index contributed by atoms with van der Waals surface area (Å²) < 4.78 is 5.36. The second-order valence-corrected chi connectivity index (χ2v) is 5.40. The molecule has 7 heteroatoms. The Morgan fingerprint density at radius 2 is 1.75 bits per heavy atom. The molecule has 126 valence electrons. The van der Waals surface area contributed by atoms with Gasteiger partial charge < -0.3 is 25.1 Å². The number of ether oxygens (including phenoxy) is 1. The lowest BCUT2D eigenvalue weighted by molar-refractivity contribution is -0.255. The van der Waals surface area contributed by atoms with E-state index < -0.39 is 18.0 Å². The molecule has 0 radical (unpaired) electrons. The van der Waals surface area contributed by atoms with Crippen molar-refractivity contribution in [3.63, 3.8) is 0 Å². The number of benzene rings is 2. The summed E-state index contributed by atoms with van der Waals surface area (Å²) in [6.07, 6.45) is -0.959. The van der Waals surface area contributed by atoms with Crippen molar-refractivity contribution >= 4 is 23.5 Å². The van der Waals surface area contributed by atoms with Crippen LogP contribution in [-0.2, 0) is 0 Å². The van der Waals surface area contributed by atoms with Crippen LogP contribution in [0.25, 0.3) is 0 Å². The fourth-order valence-corrected chi connectivity index (χ4v) is 2.07. The Morgan fingerprint density at radius 1 is 1.12 bits per heavy atom. The van der Waals surface area contributed by atoms with Gasteiger partial charge in [0.15, 0.2) is 0 Å². The van der Waals surface area contributed by atoms with Crippen LogP contribution in [0.5, 0.6) is 5.75 Å². The summed E-state index contributed by atoms with van der Waals surface area (Å²) >= 11 is 5.75. The Labute approximate surface area is 143 Å². The highest BCUT2D eigenvalue weighted by Gasteiger charge is 2.13. The average molecular weight is 349 g/mol. The molecule has 6 nitrogen and oxygen atoms in total. The lowest BCUT2D eigenvalue weighted by Gasteiger charge is -2.15. The first-order chi connectivity index (χ1) is 11.5. The third-order valence-electron chi connectivity index (χ3n) is 3.15. The van der Waals surface area contributed by atoms with Gasteiger partial charge in [0.25, 0.3) is 5.91 Å². The number of carbonyl (C=O) groups is 2. The predicted octanol–water partition coefficient (Wildman–Crippen LogP) is 0.873. The number of carboxylic acids is 1. The summed E-state index contributed by atoms with van der Waals surface area (Å²) in [6, 6.07) is 12.3. The number of carbonyl (C=O) groups excluding carboxylic acids is 2. The van der Waals surface area contributed by atoms with E-state index in [9.17, 15) is 19.8 Å². The van der Waals surface area contributed by atoms with Gasteiger partial charge in [0.2, 0.25) is 0 Å². The molecule has 0 bridgehead atoms. The monoisotopic (exact) mass is 348 g/mol. The van der Waals surface area contributed by atoms with E-state index in [1.165, 1.54) is 18.2 Å². The molecule has 0 heterocycles. The third kappa shape index (κ3) is 4.97. The van der Waals surface area contributed by atoms with Crippen molar-refractivity contribution in [2.75, 3.05) is 13.2 Å². The van der Waals surface area contributed by atoms with Crippen LogP contribution in [0.3, 0.4) is 0 Å². The van der Waals surface area contributed by atoms with Crippen molar-refractivity contribution in [1.82, 2.24) is 5.32 Å². The quantitative estimate of drug-likeness (QED) is 0.773. The maximum Gasteiger partial charge on any atom is 0.252 e. The van der Waals surface area contributed by atoms with Gasteiger partial charge in [-0.3, -0.25) is 4.79 Å². The molecule has 1 atom stereocenters. The zero-order valence-electron chi connectivity index (χ0n) is 12.6. The highest BCUT2D eigenvalue weighted by atomic mass is 35.5. The number of nitrogens with one attached hydrogen (secondary N) is 1. The largest absolute Gasteiger partial charge is 0.545 e. The molecule has 24 heavy (non-hydrogen) atoms. The summed E-state index contributed by atoms with van der Waals surface area (Å²) in [6.45, 7) is -0.127. The maximum absolute atomic E-state index is 12.0. The van der Waals surface area contributed by atoms with E-state index in [0.29, 0.717) is 10.8 Å². The maximum atomic E-state index is 12.0. The fraction of sp³-hybridized carbons (Fsp3) is 0.176. The second-order valence-electron chi connectivity index (χ2n) is 4.96. The summed E-state index contributed by atoms with van der Waals surface area (Å²) in [7, 11) is 0. The Hall–Kier alpha value is -2.57. The number of hydrogen-bond acceptors (Lipinski definition) is 5. The van der Waals surface area contributed by atoms with Crippen LogP contribution in [0.1, 0.15) is 20.7 Å². The second kappa shape index (κ2) is 8.33. The molecule has 0 spiro atoms. The summed E-state index contributed by atoms with van der Waals surface area (Å²) in [5, 5.41) is 23.9. The lowest BCUT2D eigenvalue weighted by atomic mass is 10.1. The van der Waals surface area contributed by atoms with Crippen molar-refractivity contribution in [3.05, 3.63) is 64.7 Å². The van der Waals surface area contributed by atoms with Gasteiger partial charge in [0.05, 0.1) is 5.97 Å². The first kappa shape index (κ1) is 17.8. The highest BCUT2D eigenvalue weighted by Crippen LogP contribution is 2.15. The van der Waals surface area contributed by atoms with Crippen LogP contribution in [0, 0.1) is 0 Å². The van der Waals surface area contributed by atoms with Crippen LogP contribution in [-0.4, -0.2) is 36.2 Å². The summed E-state index contributed by atoms with van der Waals surface area (Å²) in [4.78, 5) is 23.0. The summed E-state index contributed by atoms with van der Waals surface area (Å²) in [5.41, 5.74) is -0.231. The van der Waals surface area contributed by atoms with E-state index in [2.05, 4.69) is 5.32 Å². The van der Waals surface area contributed by atoms with E-state index in [-0.39, 0.29) is 24.3 Å². The first-order valence-corrected chi connectivity index (χ1v) is 7.50. The number of aliphatic hydroxyl groups is 1. The minimum absolute atomic E-state index is 0.0247. The Bertz CT molecular complexity index is 717. The molecule has 0 aliphatic carbocycles. The van der Waals surface area contributed by atoms with Gasteiger partial charge in [0.1, 0.15) is 18.5 Å². The summed E-state index contributed by atoms with van der Waals surface area (Å²) in [5.74, 6) is -1.51. The molecule has 0 aromatic heterocycles.